The second-order valence-corrected chi connectivity index (χ2v) is 3.71. The fourth-order valence-electron chi connectivity index (χ4n) is 1.84. The maximum Gasteiger partial charge on any atom is 0.231 e. The highest BCUT2D eigenvalue weighted by Crippen LogP contribution is 2.39. The average molecular weight is 224 g/mol. The molecule has 0 saturated heterocycles. The third-order valence-electron chi connectivity index (χ3n) is 2.59. The topological polar surface area (TPSA) is 47.9 Å². The Hall–Kier alpha value is -1.26. The molecular formula is C12H16O4. The van der Waals surface area contributed by atoms with Crippen LogP contribution in [0.1, 0.15) is 17.5 Å². The number of aliphatic hydroxyl groups excluding tert-OH is 1. The standard InChI is InChI=1S/C12H16O4/c1-14-7-10-5-4-9(3-2-6-13)11-12(10)16-8-15-11/h4-5,13H,2-3,6-8H2,1H3. The Labute approximate surface area is 94.8 Å². The second kappa shape index (κ2) is 5.18. The summed E-state index contributed by atoms with van der Waals surface area (Å²) in [6, 6.07) is 4.00. The van der Waals surface area contributed by atoms with Gasteiger partial charge >= 0.3 is 0 Å². The first kappa shape index (κ1) is 11.2. The van der Waals surface area contributed by atoms with Crippen LogP contribution in [-0.4, -0.2) is 25.6 Å². The van der Waals surface area contributed by atoms with E-state index >= 15 is 0 Å². The predicted octanol–water partition coefficient (Wildman–Crippen LogP) is 1.49. The summed E-state index contributed by atoms with van der Waals surface area (Å²) in [7, 11) is 1.65. The number of rotatable bonds is 5. The van der Waals surface area contributed by atoms with Gasteiger partial charge in [-0.1, -0.05) is 12.1 Å². The number of methoxy groups -OCH3 is 1. The molecule has 1 heterocycles. The van der Waals surface area contributed by atoms with Crippen LogP contribution < -0.4 is 9.47 Å². The molecule has 1 aliphatic heterocycles. The summed E-state index contributed by atoms with van der Waals surface area (Å²) in [4.78, 5) is 0. The van der Waals surface area contributed by atoms with Crippen LogP contribution in [0.5, 0.6) is 11.5 Å². The van der Waals surface area contributed by atoms with Gasteiger partial charge in [0.15, 0.2) is 11.5 Å². The normalized spacial score (nSPS) is 13.1. The number of fused-ring (bicyclic) bond motifs is 1. The van der Waals surface area contributed by atoms with E-state index in [1.165, 1.54) is 0 Å². The zero-order valence-corrected chi connectivity index (χ0v) is 9.36. The molecule has 0 amide bonds. The maximum absolute atomic E-state index is 8.82. The lowest BCUT2D eigenvalue weighted by molar-refractivity contribution is 0.162. The molecule has 2 rings (SSSR count). The van der Waals surface area contributed by atoms with Crippen molar-refractivity contribution in [2.75, 3.05) is 20.5 Å². The van der Waals surface area contributed by atoms with Crippen LogP contribution in [0.4, 0.5) is 0 Å². The Balaban J connectivity index is 2.25. The van der Waals surface area contributed by atoms with E-state index in [0.29, 0.717) is 6.61 Å². The lowest BCUT2D eigenvalue weighted by Gasteiger charge is -2.08. The molecule has 0 bridgehead atoms. The molecule has 0 aromatic heterocycles. The lowest BCUT2D eigenvalue weighted by Crippen LogP contribution is -1.95. The summed E-state index contributed by atoms with van der Waals surface area (Å²) in [5.41, 5.74) is 2.09. The summed E-state index contributed by atoms with van der Waals surface area (Å²) in [6.07, 6.45) is 1.54. The Morgan fingerprint density at radius 1 is 1.25 bits per heavy atom. The average Bonchev–Trinajstić information content (AvgIpc) is 2.78. The van der Waals surface area contributed by atoms with Gasteiger partial charge in [-0.05, 0) is 18.4 Å². The van der Waals surface area contributed by atoms with Crippen LogP contribution >= 0.6 is 0 Å². The van der Waals surface area contributed by atoms with Crippen molar-refractivity contribution in [3.8, 4) is 11.5 Å². The van der Waals surface area contributed by atoms with E-state index in [1.54, 1.807) is 7.11 Å². The Kier molecular flexibility index (Phi) is 3.64. The molecule has 0 saturated carbocycles. The number of hydrogen-bond acceptors (Lipinski definition) is 4. The first-order valence-electron chi connectivity index (χ1n) is 5.37. The van der Waals surface area contributed by atoms with Gasteiger partial charge < -0.3 is 19.3 Å². The van der Waals surface area contributed by atoms with E-state index in [-0.39, 0.29) is 13.4 Å². The monoisotopic (exact) mass is 224 g/mol. The fraction of sp³-hybridized carbons (Fsp3) is 0.500. The van der Waals surface area contributed by atoms with E-state index in [2.05, 4.69) is 0 Å². The zero-order valence-electron chi connectivity index (χ0n) is 9.36. The van der Waals surface area contributed by atoms with Gasteiger partial charge in [0.05, 0.1) is 6.61 Å². The minimum atomic E-state index is 0.190. The van der Waals surface area contributed by atoms with Crippen LogP contribution in [0.2, 0.25) is 0 Å². The Bertz CT molecular complexity index is 362. The molecular weight excluding hydrogens is 208 g/mol. The summed E-state index contributed by atoms with van der Waals surface area (Å²) in [6.45, 7) is 0.976. The highest BCUT2D eigenvalue weighted by atomic mass is 16.7. The summed E-state index contributed by atoms with van der Waals surface area (Å²) >= 11 is 0. The van der Waals surface area contributed by atoms with Crippen molar-refractivity contribution >= 4 is 0 Å². The van der Waals surface area contributed by atoms with Crippen molar-refractivity contribution in [2.24, 2.45) is 0 Å². The van der Waals surface area contributed by atoms with E-state index in [0.717, 1.165) is 35.5 Å². The molecule has 1 aliphatic rings. The molecule has 88 valence electrons. The van der Waals surface area contributed by atoms with Crippen LogP contribution in [0.25, 0.3) is 0 Å². The highest BCUT2D eigenvalue weighted by molar-refractivity contribution is 5.53. The van der Waals surface area contributed by atoms with Gasteiger partial charge in [0.25, 0.3) is 0 Å². The van der Waals surface area contributed by atoms with Gasteiger partial charge in [0.2, 0.25) is 6.79 Å². The van der Waals surface area contributed by atoms with Crippen molar-refractivity contribution in [1.29, 1.82) is 0 Å². The van der Waals surface area contributed by atoms with Gasteiger partial charge in [-0.15, -0.1) is 0 Å². The van der Waals surface area contributed by atoms with Crippen molar-refractivity contribution in [3.05, 3.63) is 23.3 Å². The summed E-state index contributed by atoms with van der Waals surface area (Å²) in [5, 5.41) is 8.82. The molecule has 0 radical (unpaired) electrons. The SMILES string of the molecule is COCc1ccc(CCCO)c2c1OCO2. The summed E-state index contributed by atoms with van der Waals surface area (Å²) in [5.74, 6) is 1.60. The van der Waals surface area contributed by atoms with Crippen LogP contribution in [0.3, 0.4) is 0 Å². The fourth-order valence-corrected chi connectivity index (χ4v) is 1.84. The Morgan fingerprint density at radius 3 is 2.62 bits per heavy atom. The van der Waals surface area contributed by atoms with Crippen LogP contribution in [0, 0.1) is 0 Å². The molecule has 0 spiro atoms. The van der Waals surface area contributed by atoms with Gasteiger partial charge in [-0.25, -0.2) is 0 Å². The van der Waals surface area contributed by atoms with E-state index in [9.17, 15) is 0 Å². The largest absolute Gasteiger partial charge is 0.453 e. The minimum absolute atomic E-state index is 0.190. The predicted molar refractivity (Wildman–Crippen MR) is 58.7 cm³/mol. The smallest absolute Gasteiger partial charge is 0.231 e. The third kappa shape index (κ3) is 2.13. The molecule has 4 heteroatoms. The number of aryl methyl sites for hydroxylation is 1. The number of hydrogen-bond donors (Lipinski definition) is 1. The van der Waals surface area contributed by atoms with Crippen LogP contribution in [-0.2, 0) is 17.8 Å². The minimum Gasteiger partial charge on any atom is -0.453 e. The molecule has 0 fully saturated rings. The van der Waals surface area contributed by atoms with Crippen LogP contribution in [0.15, 0.2) is 12.1 Å². The van der Waals surface area contributed by atoms with E-state index in [4.69, 9.17) is 19.3 Å². The molecule has 0 aliphatic carbocycles. The summed E-state index contributed by atoms with van der Waals surface area (Å²) < 4.78 is 16.0. The van der Waals surface area contributed by atoms with Gasteiger partial charge in [0.1, 0.15) is 0 Å². The molecule has 16 heavy (non-hydrogen) atoms. The van der Waals surface area contributed by atoms with E-state index in [1.807, 2.05) is 12.1 Å². The molecule has 1 N–H and O–H groups in total. The second-order valence-electron chi connectivity index (χ2n) is 3.71. The van der Waals surface area contributed by atoms with Crippen molar-refractivity contribution in [3.63, 3.8) is 0 Å². The first-order chi connectivity index (χ1) is 7.86. The lowest BCUT2D eigenvalue weighted by atomic mass is 10.0. The van der Waals surface area contributed by atoms with Crippen molar-refractivity contribution in [2.45, 2.75) is 19.4 Å². The van der Waals surface area contributed by atoms with Gasteiger partial charge in [0, 0.05) is 19.3 Å². The van der Waals surface area contributed by atoms with Gasteiger partial charge in [-0.2, -0.15) is 0 Å². The van der Waals surface area contributed by atoms with Crippen molar-refractivity contribution in [1.82, 2.24) is 0 Å². The van der Waals surface area contributed by atoms with Gasteiger partial charge in [-0.3, -0.25) is 0 Å². The number of benzene rings is 1. The highest BCUT2D eigenvalue weighted by Gasteiger charge is 2.21. The molecule has 0 unspecified atom stereocenters. The Morgan fingerprint density at radius 2 is 1.94 bits per heavy atom. The molecule has 4 nitrogen and oxygen atoms in total. The van der Waals surface area contributed by atoms with E-state index < -0.39 is 0 Å². The molecule has 1 aromatic carbocycles. The first-order valence-corrected chi connectivity index (χ1v) is 5.37. The number of aliphatic hydroxyl groups is 1. The zero-order chi connectivity index (χ0) is 11.4. The van der Waals surface area contributed by atoms with Crippen molar-refractivity contribution < 1.29 is 19.3 Å². The number of ether oxygens (including phenoxy) is 3. The molecule has 1 aromatic rings. The quantitative estimate of drug-likeness (QED) is 0.823. The molecule has 0 atom stereocenters. The third-order valence-corrected chi connectivity index (χ3v) is 2.59. The maximum atomic E-state index is 8.82.